The van der Waals surface area contributed by atoms with Gasteiger partial charge in [0.15, 0.2) is 0 Å². The second-order valence-electron chi connectivity index (χ2n) is 4.46. The molecule has 1 aromatic heterocycles. The number of nitrogens with zero attached hydrogens (tertiary/aromatic N) is 2. The van der Waals surface area contributed by atoms with Crippen molar-refractivity contribution in [2.45, 2.75) is 45.6 Å². The number of amidine groups is 1. The van der Waals surface area contributed by atoms with Crippen LogP contribution in [0.4, 0.5) is 0 Å². The van der Waals surface area contributed by atoms with Crippen LogP contribution < -0.4 is 5.73 Å². The minimum absolute atomic E-state index is 0.523. The van der Waals surface area contributed by atoms with Crippen LogP contribution in [0.15, 0.2) is 10.4 Å². The number of hydrogen-bond donors (Lipinski definition) is 1. The van der Waals surface area contributed by atoms with E-state index in [-0.39, 0.29) is 0 Å². The Morgan fingerprint density at radius 3 is 2.88 bits per heavy atom. The van der Waals surface area contributed by atoms with Gasteiger partial charge in [-0.05, 0) is 19.8 Å². The van der Waals surface area contributed by atoms with Gasteiger partial charge in [-0.3, -0.25) is 4.99 Å². The Bertz CT molecular complexity index is 364. The molecule has 0 amide bonds. The molecule has 0 aliphatic heterocycles. The van der Waals surface area contributed by atoms with Crippen LogP contribution >= 0.6 is 11.3 Å². The molecule has 0 aromatic carbocycles. The summed E-state index contributed by atoms with van der Waals surface area (Å²) in [5, 5.41) is 3.12. The summed E-state index contributed by atoms with van der Waals surface area (Å²) in [5.74, 6) is 1.36. The van der Waals surface area contributed by atoms with Gasteiger partial charge >= 0.3 is 0 Å². The fraction of sp³-hybridized carbons (Fsp3) is 0.667. The lowest BCUT2D eigenvalue weighted by atomic mass is 9.88. The maximum atomic E-state index is 6.03. The van der Waals surface area contributed by atoms with E-state index in [4.69, 9.17) is 5.73 Å². The summed E-state index contributed by atoms with van der Waals surface area (Å²) in [6.45, 7) is 2.66. The van der Waals surface area contributed by atoms with E-state index >= 15 is 0 Å². The number of aryl methyl sites for hydroxylation is 1. The van der Waals surface area contributed by atoms with Crippen LogP contribution in [0.2, 0.25) is 0 Å². The molecule has 2 N–H and O–H groups in total. The van der Waals surface area contributed by atoms with Gasteiger partial charge in [-0.2, -0.15) is 0 Å². The van der Waals surface area contributed by atoms with Crippen molar-refractivity contribution in [3.05, 3.63) is 16.1 Å². The second kappa shape index (κ2) is 5.43. The van der Waals surface area contributed by atoms with E-state index in [9.17, 15) is 0 Å². The van der Waals surface area contributed by atoms with Crippen LogP contribution in [0.5, 0.6) is 0 Å². The fourth-order valence-corrected chi connectivity index (χ4v) is 2.86. The molecule has 1 aliphatic rings. The maximum Gasteiger partial charge on any atom is 0.114 e. The molecule has 0 saturated heterocycles. The molecular formula is C12H19N3S. The highest BCUT2D eigenvalue weighted by Gasteiger charge is 2.16. The molecular weight excluding hydrogens is 218 g/mol. The molecule has 1 aliphatic carbocycles. The van der Waals surface area contributed by atoms with Crippen molar-refractivity contribution >= 4 is 17.2 Å². The van der Waals surface area contributed by atoms with E-state index in [1.54, 1.807) is 11.3 Å². The summed E-state index contributed by atoms with van der Waals surface area (Å²) in [6, 6.07) is 0. The lowest BCUT2D eigenvalue weighted by Gasteiger charge is -2.20. The molecule has 16 heavy (non-hydrogen) atoms. The summed E-state index contributed by atoms with van der Waals surface area (Å²) in [5.41, 5.74) is 7.11. The third-order valence-electron chi connectivity index (χ3n) is 3.09. The number of aromatic nitrogens is 1. The summed E-state index contributed by atoms with van der Waals surface area (Å²) in [6.07, 6.45) is 6.39. The standard InChI is InChI=1S/C12H19N3S/c1-9-8-16-11(15-9)7-14-12(13)10-5-3-2-4-6-10/h8,10H,2-7H2,1H3,(H2,13,14). The molecule has 1 saturated carbocycles. The van der Waals surface area contributed by atoms with E-state index in [0.29, 0.717) is 12.5 Å². The molecule has 3 nitrogen and oxygen atoms in total. The Balaban J connectivity index is 1.90. The largest absolute Gasteiger partial charge is 0.387 e. The summed E-state index contributed by atoms with van der Waals surface area (Å²) >= 11 is 1.66. The molecule has 0 unspecified atom stereocenters. The minimum Gasteiger partial charge on any atom is -0.387 e. The van der Waals surface area contributed by atoms with Crippen LogP contribution in [-0.2, 0) is 6.54 Å². The van der Waals surface area contributed by atoms with Crippen LogP contribution in [0.25, 0.3) is 0 Å². The average Bonchev–Trinajstić information content (AvgIpc) is 2.73. The Morgan fingerprint density at radius 1 is 1.50 bits per heavy atom. The molecule has 1 heterocycles. The predicted molar refractivity (Wildman–Crippen MR) is 68.8 cm³/mol. The zero-order valence-electron chi connectivity index (χ0n) is 9.78. The molecule has 2 rings (SSSR count). The third kappa shape index (κ3) is 3.04. The lowest BCUT2D eigenvalue weighted by molar-refractivity contribution is 0.436. The Hall–Kier alpha value is -0.900. The van der Waals surface area contributed by atoms with Crippen molar-refractivity contribution in [2.75, 3.05) is 0 Å². The van der Waals surface area contributed by atoms with Gasteiger partial charge < -0.3 is 5.73 Å². The summed E-state index contributed by atoms with van der Waals surface area (Å²) in [7, 11) is 0. The SMILES string of the molecule is Cc1csc(CN=C(N)C2CCCCC2)n1. The van der Waals surface area contributed by atoms with E-state index < -0.39 is 0 Å². The molecule has 1 aromatic rings. The number of nitrogens with two attached hydrogens (primary N) is 1. The molecule has 88 valence electrons. The van der Waals surface area contributed by atoms with Crippen LogP contribution in [-0.4, -0.2) is 10.8 Å². The van der Waals surface area contributed by atoms with Crippen molar-refractivity contribution < 1.29 is 0 Å². The topological polar surface area (TPSA) is 51.3 Å². The van der Waals surface area contributed by atoms with E-state index in [1.807, 2.05) is 6.92 Å². The van der Waals surface area contributed by atoms with Gasteiger partial charge in [-0.25, -0.2) is 4.98 Å². The highest BCUT2D eigenvalue weighted by atomic mass is 32.1. The molecule has 4 heteroatoms. The molecule has 0 spiro atoms. The molecule has 1 fully saturated rings. The second-order valence-corrected chi connectivity index (χ2v) is 5.40. The molecule has 0 bridgehead atoms. The van der Waals surface area contributed by atoms with Crippen molar-refractivity contribution in [3.8, 4) is 0 Å². The van der Waals surface area contributed by atoms with Crippen molar-refractivity contribution in [1.82, 2.24) is 4.98 Å². The van der Waals surface area contributed by atoms with E-state index in [0.717, 1.165) is 16.5 Å². The Labute approximate surface area is 101 Å². The average molecular weight is 237 g/mol. The van der Waals surface area contributed by atoms with Crippen LogP contribution in [0.1, 0.15) is 42.8 Å². The summed E-state index contributed by atoms with van der Waals surface area (Å²) in [4.78, 5) is 8.86. The quantitative estimate of drug-likeness (QED) is 0.649. The summed E-state index contributed by atoms with van der Waals surface area (Å²) < 4.78 is 0. The zero-order valence-corrected chi connectivity index (χ0v) is 10.6. The van der Waals surface area contributed by atoms with Crippen molar-refractivity contribution in [1.29, 1.82) is 0 Å². The Kier molecular flexibility index (Phi) is 3.93. The normalized spacial score (nSPS) is 18.9. The van der Waals surface area contributed by atoms with Crippen molar-refractivity contribution in [2.24, 2.45) is 16.6 Å². The van der Waals surface area contributed by atoms with Gasteiger partial charge in [0.05, 0.1) is 12.4 Å². The van der Waals surface area contributed by atoms with Gasteiger partial charge in [0.1, 0.15) is 5.01 Å². The third-order valence-corrected chi connectivity index (χ3v) is 4.04. The van der Waals surface area contributed by atoms with Crippen molar-refractivity contribution in [3.63, 3.8) is 0 Å². The van der Waals surface area contributed by atoms with E-state index in [2.05, 4.69) is 15.4 Å². The highest BCUT2D eigenvalue weighted by Crippen LogP contribution is 2.23. The first kappa shape index (κ1) is 11.6. The van der Waals surface area contributed by atoms with Crippen LogP contribution in [0.3, 0.4) is 0 Å². The number of hydrogen-bond acceptors (Lipinski definition) is 3. The number of aliphatic imine (C=N–C) groups is 1. The monoisotopic (exact) mass is 237 g/mol. The zero-order chi connectivity index (χ0) is 11.4. The first-order chi connectivity index (χ1) is 7.75. The molecule has 0 atom stereocenters. The van der Waals surface area contributed by atoms with Crippen LogP contribution in [0, 0.1) is 12.8 Å². The van der Waals surface area contributed by atoms with Gasteiger partial charge in [0.25, 0.3) is 0 Å². The lowest BCUT2D eigenvalue weighted by Crippen LogP contribution is -2.25. The van der Waals surface area contributed by atoms with Gasteiger partial charge in [0.2, 0.25) is 0 Å². The highest BCUT2D eigenvalue weighted by molar-refractivity contribution is 7.09. The fourth-order valence-electron chi connectivity index (χ4n) is 2.16. The number of thiazole rings is 1. The maximum absolute atomic E-state index is 6.03. The molecule has 0 radical (unpaired) electrons. The van der Waals surface area contributed by atoms with Gasteiger partial charge in [-0.15, -0.1) is 11.3 Å². The first-order valence-corrected chi connectivity index (χ1v) is 6.84. The Morgan fingerprint density at radius 2 is 2.25 bits per heavy atom. The minimum atomic E-state index is 0.523. The van der Waals surface area contributed by atoms with Gasteiger partial charge in [0, 0.05) is 17.0 Å². The predicted octanol–water partition coefficient (Wildman–Crippen LogP) is 2.89. The van der Waals surface area contributed by atoms with Gasteiger partial charge in [-0.1, -0.05) is 19.3 Å². The number of rotatable bonds is 3. The first-order valence-electron chi connectivity index (χ1n) is 5.96. The smallest absolute Gasteiger partial charge is 0.114 e. The van der Waals surface area contributed by atoms with E-state index in [1.165, 1.54) is 32.1 Å².